The van der Waals surface area contributed by atoms with Crippen molar-refractivity contribution in [1.82, 2.24) is 0 Å². The molecule has 0 unspecified atom stereocenters. The third-order valence-electron chi connectivity index (χ3n) is 4.72. The second kappa shape index (κ2) is 13.8. The van der Waals surface area contributed by atoms with Crippen LogP contribution < -0.4 is 0 Å². The maximum atomic E-state index is 11.3. The van der Waals surface area contributed by atoms with E-state index >= 15 is 0 Å². The van der Waals surface area contributed by atoms with Crippen molar-refractivity contribution < 1.29 is 38.0 Å². The van der Waals surface area contributed by atoms with Crippen molar-refractivity contribution in [2.75, 3.05) is 40.3 Å². The summed E-state index contributed by atoms with van der Waals surface area (Å²) in [5.41, 5.74) is 1.14. The van der Waals surface area contributed by atoms with Crippen molar-refractivity contribution >= 4 is 5.97 Å². The van der Waals surface area contributed by atoms with Crippen molar-refractivity contribution in [2.24, 2.45) is 0 Å². The van der Waals surface area contributed by atoms with E-state index < -0.39 is 18.0 Å². The Morgan fingerprint density at radius 3 is 2.58 bits per heavy atom. The zero-order valence-corrected chi connectivity index (χ0v) is 19.0. The average Bonchev–Trinajstić information content (AvgIpc) is 3.04. The minimum Gasteiger partial charge on any atom is -0.463 e. The summed E-state index contributed by atoms with van der Waals surface area (Å²) in [4.78, 5) is 11.3. The summed E-state index contributed by atoms with van der Waals surface area (Å²) in [5, 5.41) is 0. The predicted octanol–water partition coefficient (Wildman–Crippen LogP) is 3.07. The van der Waals surface area contributed by atoms with E-state index in [1.54, 1.807) is 7.11 Å². The molecule has 31 heavy (non-hydrogen) atoms. The van der Waals surface area contributed by atoms with Gasteiger partial charge in [0, 0.05) is 20.6 Å². The van der Waals surface area contributed by atoms with Crippen LogP contribution in [0, 0.1) is 0 Å². The molecule has 0 saturated carbocycles. The molecule has 1 fully saturated rings. The highest BCUT2D eigenvalue weighted by molar-refractivity contribution is 5.65. The smallest absolute Gasteiger partial charge is 0.302 e. The zero-order chi connectivity index (χ0) is 22.5. The number of rotatable bonds is 15. The highest BCUT2D eigenvalue weighted by Gasteiger charge is 2.45. The topological polar surface area (TPSA) is 81.7 Å². The van der Waals surface area contributed by atoms with Crippen LogP contribution in [0.3, 0.4) is 0 Å². The van der Waals surface area contributed by atoms with Crippen molar-refractivity contribution in [3.05, 3.63) is 35.9 Å². The molecule has 176 valence electrons. The Balaban J connectivity index is 1.85. The molecule has 1 heterocycles. The van der Waals surface area contributed by atoms with E-state index in [9.17, 15) is 4.79 Å². The molecule has 1 aromatic rings. The van der Waals surface area contributed by atoms with Gasteiger partial charge in [-0.25, -0.2) is 0 Å². The van der Waals surface area contributed by atoms with Gasteiger partial charge in [-0.2, -0.15) is 0 Å². The average molecular weight is 441 g/mol. The minimum absolute atomic E-state index is 0.0441. The first-order chi connectivity index (χ1) is 14.9. The van der Waals surface area contributed by atoms with E-state index in [1.807, 2.05) is 44.2 Å². The molecule has 0 radical (unpaired) electrons. The highest BCUT2D eigenvalue weighted by atomic mass is 16.8. The molecule has 8 heteroatoms. The molecule has 2 rings (SSSR count). The van der Waals surface area contributed by atoms with E-state index in [4.69, 9.17) is 33.2 Å². The largest absolute Gasteiger partial charge is 0.463 e. The van der Waals surface area contributed by atoms with Gasteiger partial charge in [0.1, 0.15) is 25.6 Å². The number of methoxy groups -OCH3 is 1. The second-order valence-electron chi connectivity index (χ2n) is 7.85. The van der Waals surface area contributed by atoms with Crippen LogP contribution in [-0.2, 0) is 44.6 Å². The summed E-state index contributed by atoms with van der Waals surface area (Å²) in [5.74, 6) is -1.13. The second-order valence-corrected chi connectivity index (χ2v) is 7.85. The van der Waals surface area contributed by atoms with Crippen molar-refractivity contribution in [1.29, 1.82) is 0 Å². The number of esters is 1. The Kier molecular flexibility index (Phi) is 11.4. The van der Waals surface area contributed by atoms with Gasteiger partial charge in [0.25, 0.3) is 0 Å². The molecule has 0 aromatic heterocycles. The lowest BCUT2D eigenvalue weighted by atomic mass is 10.0. The minimum atomic E-state index is -0.755. The first kappa shape index (κ1) is 25.7. The van der Waals surface area contributed by atoms with E-state index in [0.717, 1.165) is 18.4 Å². The van der Waals surface area contributed by atoms with Crippen LogP contribution in [0.5, 0.6) is 0 Å². The lowest BCUT2D eigenvalue weighted by Crippen LogP contribution is -2.41. The molecule has 1 saturated heterocycles. The summed E-state index contributed by atoms with van der Waals surface area (Å²) >= 11 is 0. The van der Waals surface area contributed by atoms with Gasteiger partial charge < -0.3 is 33.2 Å². The molecule has 3 atom stereocenters. The first-order valence-electron chi connectivity index (χ1n) is 10.7. The number of carbonyl (C=O) groups excluding carboxylic acids is 1. The molecule has 8 nitrogen and oxygen atoms in total. The normalized spacial score (nSPS) is 21.2. The number of hydrogen-bond donors (Lipinski definition) is 0. The molecule has 1 aliphatic rings. The Morgan fingerprint density at radius 1 is 1.10 bits per heavy atom. The van der Waals surface area contributed by atoms with E-state index in [2.05, 4.69) is 0 Å². The van der Waals surface area contributed by atoms with Gasteiger partial charge in [-0.3, -0.25) is 4.79 Å². The van der Waals surface area contributed by atoms with E-state index in [-0.39, 0.29) is 25.5 Å². The van der Waals surface area contributed by atoms with Gasteiger partial charge in [0.05, 0.1) is 25.9 Å². The molecular formula is C23H36O8. The fourth-order valence-corrected chi connectivity index (χ4v) is 3.33. The Bertz CT molecular complexity index is 621. The number of carbonyl (C=O) groups is 1. The van der Waals surface area contributed by atoms with Crippen LogP contribution in [0.25, 0.3) is 0 Å². The van der Waals surface area contributed by atoms with Gasteiger partial charge in [-0.1, -0.05) is 30.3 Å². The van der Waals surface area contributed by atoms with Crippen LogP contribution in [0.1, 0.15) is 39.2 Å². The molecule has 0 bridgehead atoms. The van der Waals surface area contributed by atoms with Crippen LogP contribution in [0.2, 0.25) is 0 Å². The SMILES string of the molecule is COCCOCO[C@H](COC(C)=O)[C@H]1OC(C)(C)O[C@@H]1CCCOCc1ccccc1. The quantitative estimate of drug-likeness (QED) is 0.234. The standard InChI is InChI=1S/C23H36O8/c1-18(24)28-16-21(29-17-27-14-13-25-4)22-20(30-23(2,3)31-22)11-8-12-26-15-19-9-6-5-7-10-19/h5-7,9-10,20-22H,8,11-17H2,1-4H3/t20-,21-,22+/m1/s1. The third-order valence-corrected chi connectivity index (χ3v) is 4.72. The van der Waals surface area contributed by atoms with Gasteiger partial charge >= 0.3 is 5.97 Å². The van der Waals surface area contributed by atoms with Crippen molar-refractivity contribution in [3.63, 3.8) is 0 Å². The van der Waals surface area contributed by atoms with Gasteiger partial charge in [0.15, 0.2) is 5.79 Å². The van der Waals surface area contributed by atoms with Crippen molar-refractivity contribution in [2.45, 2.75) is 64.3 Å². The summed E-state index contributed by atoms with van der Waals surface area (Å²) in [7, 11) is 1.60. The maximum Gasteiger partial charge on any atom is 0.302 e. The molecule has 0 N–H and O–H groups in total. The monoisotopic (exact) mass is 440 g/mol. The highest BCUT2D eigenvalue weighted by Crippen LogP contribution is 2.33. The molecule has 1 aliphatic heterocycles. The summed E-state index contributed by atoms with van der Waals surface area (Å²) in [6.45, 7) is 7.27. The number of ether oxygens (including phenoxy) is 7. The van der Waals surface area contributed by atoms with Gasteiger partial charge in [-0.15, -0.1) is 0 Å². The molecule has 1 aromatic carbocycles. The summed E-state index contributed by atoms with van der Waals surface area (Å²) in [6.07, 6.45) is 0.415. The predicted molar refractivity (Wildman–Crippen MR) is 113 cm³/mol. The molecule has 0 amide bonds. The van der Waals surface area contributed by atoms with Crippen LogP contribution >= 0.6 is 0 Å². The fourth-order valence-electron chi connectivity index (χ4n) is 3.33. The van der Waals surface area contributed by atoms with Crippen LogP contribution in [-0.4, -0.2) is 70.4 Å². The fraction of sp³-hybridized carbons (Fsp3) is 0.696. The van der Waals surface area contributed by atoms with Gasteiger partial charge in [-0.05, 0) is 32.3 Å². The molecule has 0 aliphatic carbocycles. The Morgan fingerprint density at radius 2 is 1.87 bits per heavy atom. The van der Waals surface area contributed by atoms with E-state index in [0.29, 0.717) is 26.4 Å². The van der Waals surface area contributed by atoms with Crippen LogP contribution in [0.4, 0.5) is 0 Å². The Hall–Kier alpha value is -1.55. The van der Waals surface area contributed by atoms with Gasteiger partial charge in [0.2, 0.25) is 0 Å². The maximum absolute atomic E-state index is 11.3. The van der Waals surface area contributed by atoms with Crippen molar-refractivity contribution in [3.8, 4) is 0 Å². The number of benzene rings is 1. The lowest BCUT2D eigenvalue weighted by molar-refractivity contribution is -0.185. The molecular weight excluding hydrogens is 404 g/mol. The zero-order valence-electron chi connectivity index (χ0n) is 19.0. The Labute approximate surface area is 185 Å². The van der Waals surface area contributed by atoms with E-state index in [1.165, 1.54) is 6.92 Å². The summed E-state index contributed by atoms with van der Waals surface area (Å²) in [6, 6.07) is 10.1. The third kappa shape index (κ3) is 10.1. The molecule has 0 spiro atoms. The number of hydrogen-bond acceptors (Lipinski definition) is 8. The van der Waals surface area contributed by atoms with Crippen LogP contribution in [0.15, 0.2) is 30.3 Å². The summed E-state index contributed by atoms with van der Waals surface area (Å²) < 4.78 is 39.4. The lowest BCUT2D eigenvalue weighted by Gasteiger charge is -2.26. The first-order valence-corrected chi connectivity index (χ1v) is 10.7.